The Morgan fingerprint density at radius 1 is 1.32 bits per heavy atom. The number of halogens is 1. The lowest BCUT2D eigenvalue weighted by atomic mass is 10.1. The SMILES string of the molecule is Cc1ccc(C)c(OCC(=O)NN=Cc2cc([N+](=O)[O-])ccc2Cl)c1. The molecule has 0 fully saturated rings. The van der Waals surface area contributed by atoms with Gasteiger partial charge in [0.25, 0.3) is 11.6 Å². The lowest BCUT2D eigenvalue weighted by molar-refractivity contribution is -0.384. The van der Waals surface area contributed by atoms with Crippen LogP contribution in [0, 0.1) is 24.0 Å². The second-order valence-corrected chi connectivity index (χ2v) is 5.72. The van der Waals surface area contributed by atoms with Crippen LogP contribution >= 0.6 is 11.6 Å². The van der Waals surface area contributed by atoms with E-state index >= 15 is 0 Å². The minimum atomic E-state index is -0.537. The molecule has 25 heavy (non-hydrogen) atoms. The molecular formula is C17H16ClN3O4. The molecule has 130 valence electrons. The third kappa shape index (κ3) is 5.29. The Hall–Kier alpha value is -2.93. The number of hydrazone groups is 1. The Balaban J connectivity index is 1.93. The molecule has 0 atom stereocenters. The Labute approximate surface area is 149 Å². The molecule has 0 aliphatic carbocycles. The second-order valence-electron chi connectivity index (χ2n) is 5.31. The Morgan fingerprint density at radius 2 is 2.08 bits per heavy atom. The van der Waals surface area contributed by atoms with Crippen molar-refractivity contribution < 1.29 is 14.5 Å². The van der Waals surface area contributed by atoms with E-state index in [4.69, 9.17) is 16.3 Å². The molecule has 1 amide bonds. The molecule has 0 spiro atoms. The van der Waals surface area contributed by atoms with E-state index in [9.17, 15) is 14.9 Å². The predicted octanol–water partition coefficient (Wildman–Crippen LogP) is 3.39. The average molecular weight is 362 g/mol. The third-order valence-electron chi connectivity index (χ3n) is 3.29. The molecule has 0 bridgehead atoms. The first kappa shape index (κ1) is 18.4. The zero-order valence-corrected chi connectivity index (χ0v) is 14.4. The quantitative estimate of drug-likeness (QED) is 0.484. The highest BCUT2D eigenvalue weighted by molar-refractivity contribution is 6.33. The number of carbonyl (C=O) groups is 1. The number of nitrogens with zero attached hydrogens (tertiary/aromatic N) is 2. The maximum atomic E-state index is 11.8. The van der Waals surface area contributed by atoms with Crippen molar-refractivity contribution in [3.8, 4) is 5.75 Å². The van der Waals surface area contributed by atoms with Gasteiger partial charge in [0, 0.05) is 22.7 Å². The lowest BCUT2D eigenvalue weighted by Crippen LogP contribution is -2.24. The minimum absolute atomic E-state index is 0.115. The van der Waals surface area contributed by atoms with Crippen LogP contribution in [0.3, 0.4) is 0 Å². The van der Waals surface area contributed by atoms with Gasteiger partial charge in [-0.1, -0.05) is 23.7 Å². The monoisotopic (exact) mass is 361 g/mol. The molecule has 0 aromatic heterocycles. The van der Waals surface area contributed by atoms with Gasteiger partial charge in [0.15, 0.2) is 6.61 Å². The molecule has 0 aliphatic heterocycles. The van der Waals surface area contributed by atoms with E-state index < -0.39 is 10.8 Å². The van der Waals surface area contributed by atoms with E-state index in [1.807, 2.05) is 32.0 Å². The number of carbonyl (C=O) groups excluding carboxylic acids is 1. The summed E-state index contributed by atoms with van der Waals surface area (Å²) in [4.78, 5) is 22.0. The van der Waals surface area contributed by atoms with Gasteiger partial charge in [0.2, 0.25) is 0 Å². The number of aryl methyl sites for hydroxylation is 2. The molecule has 0 radical (unpaired) electrons. The number of benzene rings is 2. The van der Waals surface area contributed by atoms with Gasteiger partial charge in [-0.05, 0) is 37.1 Å². The smallest absolute Gasteiger partial charge is 0.277 e. The number of non-ortho nitro benzene ring substituents is 1. The van der Waals surface area contributed by atoms with Crippen molar-refractivity contribution in [1.82, 2.24) is 5.43 Å². The molecule has 1 N–H and O–H groups in total. The third-order valence-corrected chi connectivity index (χ3v) is 3.63. The Bertz CT molecular complexity index is 837. The van der Waals surface area contributed by atoms with Crippen LogP contribution in [0.2, 0.25) is 5.02 Å². The van der Waals surface area contributed by atoms with Crippen LogP contribution in [0.25, 0.3) is 0 Å². The molecular weight excluding hydrogens is 346 g/mol. The zero-order chi connectivity index (χ0) is 18.4. The summed E-state index contributed by atoms with van der Waals surface area (Å²) in [5, 5.41) is 14.8. The number of nitro groups is 1. The summed E-state index contributed by atoms with van der Waals surface area (Å²) in [7, 11) is 0. The Kier molecular flexibility index (Phi) is 6.08. The Morgan fingerprint density at radius 3 is 2.80 bits per heavy atom. The number of ether oxygens (including phenoxy) is 1. The predicted molar refractivity (Wildman–Crippen MR) is 95.3 cm³/mol. The standard InChI is InChI=1S/C17H16ClN3O4/c1-11-3-4-12(2)16(7-11)25-10-17(22)20-19-9-13-8-14(21(23)24)5-6-15(13)18/h3-9H,10H2,1-2H3,(H,20,22). The van der Waals surface area contributed by atoms with Gasteiger partial charge in [-0.2, -0.15) is 5.10 Å². The van der Waals surface area contributed by atoms with Gasteiger partial charge in [0.1, 0.15) is 5.75 Å². The maximum absolute atomic E-state index is 11.8. The van der Waals surface area contributed by atoms with Gasteiger partial charge in [-0.15, -0.1) is 0 Å². The summed E-state index contributed by atoms with van der Waals surface area (Å²) in [5.74, 6) is 0.166. The van der Waals surface area contributed by atoms with Gasteiger partial charge >= 0.3 is 0 Å². The van der Waals surface area contributed by atoms with Gasteiger partial charge in [-0.3, -0.25) is 14.9 Å². The van der Waals surface area contributed by atoms with Crippen molar-refractivity contribution in [3.63, 3.8) is 0 Å². The average Bonchev–Trinajstić information content (AvgIpc) is 2.57. The molecule has 0 heterocycles. The van der Waals surface area contributed by atoms with Crippen LogP contribution < -0.4 is 10.2 Å². The highest BCUT2D eigenvalue weighted by Crippen LogP contribution is 2.20. The molecule has 8 heteroatoms. The molecule has 2 rings (SSSR count). The van der Waals surface area contributed by atoms with E-state index in [1.165, 1.54) is 24.4 Å². The number of nitrogens with one attached hydrogen (secondary N) is 1. The van der Waals surface area contributed by atoms with Crippen LogP contribution in [0.1, 0.15) is 16.7 Å². The van der Waals surface area contributed by atoms with E-state index in [2.05, 4.69) is 10.5 Å². The molecule has 0 aliphatic rings. The van der Waals surface area contributed by atoms with E-state index in [0.29, 0.717) is 11.3 Å². The largest absolute Gasteiger partial charge is 0.483 e. The summed E-state index contributed by atoms with van der Waals surface area (Å²) in [6.45, 7) is 3.61. The van der Waals surface area contributed by atoms with Crippen molar-refractivity contribution >= 4 is 29.4 Å². The van der Waals surface area contributed by atoms with Crippen LogP contribution in [0.15, 0.2) is 41.5 Å². The topological polar surface area (TPSA) is 93.8 Å². The van der Waals surface area contributed by atoms with Gasteiger partial charge < -0.3 is 4.74 Å². The molecule has 2 aromatic rings. The molecule has 0 saturated heterocycles. The number of amides is 1. The highest BCUT2D eigenvalue weighted by atomic mass is 35.5. The van der Waals surface area contributed by atoms with E-state index in [0.717, 1.165) is 11.1 Å². The highest BCUT2D eigenvalue weighted by Gasteiger charge is 2.09. The molecule has 2 aromatic carbocycles. The lowest BCUT2D eigenvalue weighted by Gasteiger charge is -2.08. The van der Waals surface area contributed by atoms with Crippen LogP contribution in [-0.2, 0) is 4.79 Å². The normalized spacial score (nSPS) is 10.7. The van der Waals surface area contributed by atoms with Crippen molar-refractivity contribution in [3.05, 3.63) is 68.2 Å². The van der Waals surface area contributed by atoms with Crippen LogP contribution in [0.4, 0.5) is 5.69 Å². The fourth-order valence-corrected chi connectivity index (χ4v) is 2.12. The number of nitro benzene ring substituents is 1. The van der Waals surface area contributed by atoms with Crippen molar-refractivity contribution in [2.75, 3.05) is 6.61 Å². The first-order valence-electron chi connectivity index (χ1n) is 7.32. The molecule has 0 saturated carbocycles. The first-order chi connectivity index (χ1) is 11.9. The molecule has 0 unspecified atom stereocenters. The van der Waals surface area contributed by atoms with Crippen LogP contribution in [0.5, 0.6) is 5.75 Å². The number of hydrogen-bond donors (Lipinski definition) is 1. The second kappa shape index (κ2) is 8.25. The van der Waals surface area contributed by atoms with Gasteiger partial charge in [-0.25, -0.2) is 5.43 Å². The first-order valence-corrected chi connectivity index (χ1v) is 7.70. The summed E-state index contributed by atoms with van der Waals surface area (Å²) < 4.78 is 5.46. The van der Waals surface area contributed by atoms with Crippen molar-refractivity contribution in [1.29, 1.82) is 0 Å². The zero-order valence-electron chi connectivity index (χ0n) is 13.7. The summed E-state index contributed by atoms with van der Waals surface area (Å²) in [6, 6.07) is 9.66. The van der Waals surface area contributed by atoms with Crippen LogP contribution in [-0.4, -0.2) is 23.7 Å². The van der Waals surface area contributed by atoms with E-state index in [-0.39, 0.29) is 17.3 Å². The van der Waals surface area contributed by atoms with Crippen molar-refractivity contribution in [2.45, 2.75) is 13.8 Å². The summed E-state index contributed by atoms with van der Waals surface area (Å²) >= 11 is 5.94. The van der Waals surface area contributed by atoms with E-state index in [1.54, 1.807) is 0 Å². The molecule has 7 nitrogen and oxygen atoms in total. The summed E-state index contributed by atoms with van der Waals surface area (Å²) in [6.07, 6.45) is 1.24. The number of rotatable bonds is 6. The maximum Gasteiger partial charge on any atom is 0.277 e. The van der Waals surface area contributed by atoms with Gasteiger partial charge in [0.05, 0.1) is 11.1 Å². The van der Waals surface area contributed by atoms with Crippen molar-refractivity contribution in [2.24, 2.45) is 5.10 Å². The minimum Gasteiger partial charge on any atom is -0.483 e. The summed E-state index contributed by atoms with van der Waals surface area (Å²) in [5.41, 5.74) is 4.45. The fraction of sp³-hybridized carbons (Fsp3) is 0.176. The fourth-order valence-electron chi connectivity index (χ4n) is 1.96. The number of hydrogen-bond acceptors (Lipinski definition) is 5.